The van der Waals surface area contributed by atoms with Crippen molar-refractivity contribution in [2.24, 2.45) is 0 Å². The second kappa shape index (κ2) is 6.27. The van der Waals surface area contributed by atoms with E-state index in [4.69, 9.17) is 0 Å². The Morgan fingerprint density at radius 2 is 1.88 bits per heavy atom. The topological polar surface area (TPSA) is 0 Å². The fourth-order valence-electron chi connectivity index (χ4n) is 0.590. The van der Waals surface area contributed by atoms with Gasteiger partial charge in [0, 0.05) is 0 Å². The third-order valence-electron chi connectivity index (χ3n) is 1.08. The summed E-state index contributed by atoms with van der Waals surface area (Å²) in [7, 11) is 0. The van der Waals surface area contributed by atoms with Gasteiger partial charge in [-0.25, -0.2) is 0 Å². The molecule has 0 rings (SSSR count). The fraction of sp³-hybridized carbons (Fsp3) is 1.00. The summed E-state index contributed by atoms with van der Waals surface area (Å²) in [5, 5.41) is 0. The zero-order valence-electron chi connectivity index (χ0n) is 5.78. The normalized spacial score (nSPS) is 9.38. The minimum atomic E-state index is -0.696. The molecule has 0 aliphatic carbocycles. The molecule has 2 heteroatoms. The van der Waals surface area contributed by atoms with Gasteiger partial charge in [-0.3, -0.25) is 0 Å². The van der Waals surface area contributed by atoms with Gasteiger partial charge in [-0.15, -0.1) is 0 Å². The Morgan fingerprint density at radius 1 is 1.25 bits per heavy atom. The van der Waals surface area contributed by atoms with Crippen molar-refractivity contribution in [2.45, 2.75) is 27.2 Å². The number of hydrogen-bond donors (Lipinski definition) is 1. The zero-order chi connectivity index (χ0) is 6.41. The van der Waals surface area contributed by atoms with Gasteiger partial charge in [0.1, 0.15) is 0 Å². The van der Waals surface area contributed by atoms with E-state index in [0.717, 1.165) is 5.75 Å². The van der Waals surface area contributed by atoms with Crippen molar-refractivity contribution in [3.8, 4) is 0 Å². The molecule has 0 saturated heterocycles. The standard InChI is InChI=1S/C4H9S.2CH3.Sn/c1-2-3-4-5;;;/h5H,1-4H2;2*1H3;/q;;;+1. The van der Waals surface area contributed by atoms with Crippen LogP contribution in [-0.2, 0) is 0 Å². The van der Waals surface area contributed by atoms with Gasteiger partial charge in [0.05, 0.1) is 0 Å². The summed E-state index contributed by atoms with van der Waals surface area (Å²) in [4.78, 5) is 4.92. The maximum absolute atomic E-state index is 4.14. The molecule has 0 aromatic heterocycles. The molecule has 0 atom stereocenters. The molecule has 0 nitrogen and oxygen atoms in total. The van der Waals surface area contributed by atoms with Gasteiger partial charge in [0.25, 0.3) is 0 Å². The van der Waals surface area contributed by atoms with Crippen LogP contribution < -0.4 is 0 Å². The van der Waals surface area contributed by atoms with Gasteiger partial charge in [-0.05, 0) is 0 Å². The monoisotopic (exact) mass is 239 g/mol. The maximum atomic E-state index is 4.14. The molecule has 48 valence electrons. The van der Waals surface area contributed by atoms with E-state index in [1.165, 1.54) is 12.8 Å². The molecule has 0 aromatic carbocycles. The van der Waals surface area contributed by atoms with Crippen LogP contribution in [0.1, 0.15) is 12.8 Å². The van der Waals surface area contributed by atoms with Crippen LogP contribution in [0.4, 0.5) is 0 Å². The predicted molar refractivity (Wildman–Crippen MR) is 45.4 cm³/mol. The Morgan fingerprint density at radius 3 is 2.25 bits per heavy atom. The summed E-state index contributed by atoms with van der Waals surface area (Å²) in [6, 6.07) is 0. The SMILES string of the molecule is [CH3][Sn+]([CH3])[CH2]CCCS. The first-order valence-corrected chi connectivity index (χ1v) is 11.5. The molecule has 0 saturated carbocycles. The Kier molecular flexibility index (Phi) is 7.17. The molecule has 0 heterocycles. The molecule has 0 spiro atoms. The van der Waals surface area contributed by atoms with E-state index in [0.29, 0.717) is 0 Å². The Hall–Kier alpha value is 1.15. The summed E-state index contributed by atoms with van der Waals surface area (Å²) in [5.41, 5.74) is 0. The molecular weight excluding hydrogens is 223 g/mol. The molecule has 8 heavy (non-hydrogen) atoms. The Labute approximate surface area is 65.2 Å². The second-order valence-corrected chi connectivity index (χ2v) is 11.2. The second-order valence-electron chi connectivity index (χ2n) is 2.39. The molecule has 0 aliphatic heterocycles. The van der Waals surface area contributed by atoms with Crippen LogP contribution in [0.25, 0.3) is 0 Å². The number of hydrogen-bond acceptors (Lipinski definition) is 1. The molecule has 0 radical (unpaired) electrons. The van der Waals surface area contributed by atoms with Gasteiger partial charge in [0.2, 0.25) is 0 Å². The van der Waals surface area contributed by atoms with Gasteiger partial charge < -0.3 is 0 Å². The summed E-state index contributed by atoms with van der Waals surface area (Å²) in [6.45, 7) is 0. The molecular formula is C6H15SSn+. The van der Waals surface area contributed by atoms with Crippen molar-refractivity contribution in [3.63, 3.8) is 0 Å². The van der Waals surface area contributed by atoms with Gasteiger partial charge in [0.15, 0.2) is 0 Å². The van der Waals surface area contributed by atoms with Crippen molar-refractivity contribution < 1.29 is 0 Å². The van der Waals surface area contributed by atoms with Crippen LogP contribution in [0.5, 0.6) is 0 Å². The third kappa shape index (κ3) is 7.15. The molecule has 0 aromatic rings. The van der Waals surface area contributed by atoms with Crippen molar-refractivity contribution >= 4 is 32.4 Å². The molecule has 0 bridgehead atoms. The average molecular weight is 238 g/mol. The van der Waals surface area contributed by atoms with E-state index in [1.807, 2.05) is 0 Å². The Bertz CT molecular complexity index is 45.8. The predicted octanol–water partition coefficient (Wildman–Crippen LogP) is 2.45. The van der Waals surface area contributed by atoms with Crippen molar-refractivity contribution in [1.82, 2.24) is 0 Å². The fourth-order valence-corrected chi connectivity index (χ4v) is 3.55. The quantitative estimate of drug-likeness (QED) is 0.434. The molecule has 0 fully saturated rings. The van der Waals surface area contributed by atoms with E-state index in [-0.39, 0.29) is 0 Å². The molecule has 0 aliphatic rings. The number of rotatable bonds is 4. The van der Waals surface area contributed by atoms with E-state index in [2.05, 4.69) is 22.5 Å². The van der Waals surface area contributed by atoms with Crippen LogP contribution in [0.2, 0.25) is 14.3 Å². The van der Waals surface area contributed by atoms with Crippen molar-refractivity contribution in [1.29, 1.82) is 0 Å². The Balaban J connectivity index is 2.72. The van der Waals surface area contributed by atoms with E-state index >= 15 is 0 Å². The zero-order valence-corrected chi connectivity index (χ0v) is 9.52. The molecule has 0 N–H and O–H groups in total. The summed E-state index contributed by atoms with van der Waals surface area (Å²) < 4.78 is 1.56. The summed E-state index contributed by atoms with van der Waals surface area (Å²) >= 11 is 3.45. The summed E-state index contributed by atoms with van der Waals surface area (Å²) in [6.07, 6.45) is 2.76. The first kappa shape index (κ1) is 9.15. The number of thiol groups is 1. The van der Waals surface area contributed by atoms with Gasteiger partial charge in [-0.2, -0.15) is 0 Å². The third-order valence-corrected chi connectivity index (χ3v) is 5.26. The van der Waals surface area contributed by atoms with Crippen LogP contribution in [0, 0.1) is 0 Å². The van der Waals surface area contributed by atoms with Gasteiger partial charge >= 0.3 is 65.3 Å². The summed E-state index contributed by atoms with van der Waals surface area (Å²) in [5.74, 6) is 1.08. The first-order chi connectivity index (χ1) is 3.77. The van der Waals surface area contributed by atoms with Crippen molar-refractivity contribution in [3.05, 3.63) is 0 Å². The number of unbranched alkanes of at least 4 members (excludes halogenated alkanes) is 1. The van der Waals surface area contributed by atoms with Crippen LogP contribution in [0.3, 0.4) is 0 Å². The van der Waals surface area contributed by atoms with Crippen LogP contribution in [-0.4, -0.2) is 25.5 Å². The van der Waals surface area contributed by atoms with Crippen molar-refractivity contribution in [2.75, 3.05) is 5.75 Å². The van der Waals surface area contributed by atoms with Gasteiger partial charge in [-0.1, -0.05) is 0 Å². The van der Waals surface area contributed by atoms with E-state index in [9.17, 15) is 0 Å². The van der Waals surface area contributed by atoms with E-state index in [1.54, 1.807) is 4.44 Å². The van der Waals surface area contributed by atoms with Crippen LogP contribution in [0.15, 0.2) is 0 Å². The van der Waals surface area contributed by atoms with E-state index < -0.39 is 19.8 Å². The van der Waals surface area contributed by atoms with Crippen LogP contribution >= 0.6 is 12.6 Å². The molecule has 0 amide bonds. The molecule has 0 unspecified atom stereocenters. The minimum absolute atomic E-state index is 0.696. The first-order valence-electron chi connectivity index (χ1n) is 3.17. The average Bonchev–Trinajstić information content (AvgIpc) is 1.66.